The molecule has 3 atom stereocenters. The van der Waals surface area contributed by atoms with Gasteiger partial charge in [-0.1, -0.05) is 53.5 Å². The third-order valence-corrected chi connectivity index (χ3v) is 4.23. The highest BCUT2D eigenvalue weighted by Gasteiger charge is 2.50. The van der Waals surface area contributed by atoms with Gasteiger partial charge in [-0.2, -0.15) is 10.3 Å². The number of alkyl halides is 3. The molecule has 1 unspecified atom stereocenters. The predicted octanol–water partition coefficient (Wildman–Crippen LogP) is 0.829. The third kappa shape index (κ3) is 4.73. The first kappa shape index (κ1) is 18.3. The molecular formula is C9H11Cl3N6O4S. The number of carbonyl (C=O) groups excluding carboxylic acids is 1. The van der Waals surface area contributed by atoms with Crippen LogP contribution in [0.4, 0.5) is 4.79 Å². The van der Waals surface area contributed by atoms with Crippen molar-refractivity contribution in [1.82, 2.24) is 31.0 Å². The molecule has 1 saturated heterocycles. The molecule has 14 heteroatoms. The lowest BCUT2D eigenvalue weighted by atomic mass is 9.96. The van der Waals surface area contributed by atoms with Gasteiger partial charge in [0.1, 0.15) is 6.61 Å². The largest absolute Gasteiger partial charge is 0.463 e. The van der Waals surface area contributed by atoms with Crippen molar-refractivity contribution in [3.63, 3.8) is 0 Å². The summed E-state index contributed by atoms with van der Waals surface area (Å²) in [5.74, 6) is -0.512. The van der Waals surface area contributed by atoms with E-state index >= 15 is 0 Å². The van der Waals surface area contributed by atoms with Crippen LogP contribution in [-0.2, 0) is 9.63 Å². The standard InChI is InChI=1S/C9H11Cl3N6O4S/c1-3(23-7-14-16-17-15-7)4-5(6(19)13-4)18(8(20)21)22-2-9(10,11)12/h3-5H,2H2,1H3,(H,13,19)(H,20,21)(H,14,15,16,17)/t3?,4-,5+/m1/s1. The number of tetrazole rings is 1. The van der Waals surface area contributed by atoms with Crippen LogP contribution in [0.5, 0.6) is 0 Å². The Kier molecular flexibility index (Phi) is 5.79. The summed E-state index contributed by atoms with van der Waals surface area (Å²) in [6.07, 6.45) is -1.47. The molecule has 2 rings (SSSR count). The summed E-state index contributed by atoms with van der Waals surface area (Å²) in [6.45, 7) is 1.25. The van der Waals surface area contributed by atoms with E-state index in [4.69, 9.17) is 39.6 Å². The summed E-state index contributed by atoms with van der Waals surface area (Å²) in [6, 6.07) is -1.60. The molecule has 128 valence electrons. The van der Waals surface area contributed by atoms with E-state index in [1.54, 1.807) is 6.92 Å². The number of amides is 2. The molecule has 1 aromatic rings. The molecule has 0 aliphatic carbocycles. The molecule has 1 aromatic heterocycles. The van der Waals surface area contributed by atoms with E-state index in [0.717, 1.165) is 0 Å². The second-order valence-corrected chi connectivity index (χ2v) is 8.35. The van der Waals surface area contributed by atoms with Crippen molar-refractivity contribution in [3.05, 3.63) is 0 Å². The van der Waals surface area contributed by atoms with E-state index in [0.29, 0.717) is 10.2 Å². The first-order valence-electron chi connectivity index (χ1n) is 6.11. The Morgan fingerprint density at radius 3 is 2.74 bits per heavy atom. The number of H-pyrrole nitrogens is 1. The summed E-state index contributed by atoms with van der Waals surface area (Å²) in [4.78, 5) is 28.1. The van der Waals surface area contributed by atoms with Crippen LogP contribution >= 0.6 is 46.6 Å². The van der Waals surface area contributed by atoms with Gasteiger partial charge in [0, 0.05) is 5.25 Å². The Morgan fingerprint density at radius 2 is 2.26 bits per heavy atom. The zero-order chi connectivity index (χ0) is 17.2. The van der Waals surface area contributed by atoms with Crippen LogP contribution in [0.3, 0.4) is 0 Å². The highest BCUT2D eigenvalue weighted by molar-refractivity contribution is 7.99. The third-order valence-electron chi connectivity index (χ3n) is 2.85. The second-order valence-electron chi connectivity index (χ2n) is 4.49. The molecule has 23 heavy (non-hydrogen) atoms. The molecular weight excluding hydrogens is 395 g/mol. The Labute approximate surface area is 149 Å². The van der Waals surface area contributed by atoms with Gasteiger partial charge in [-0.25, -0.2) is 4.79 Å². The number of carbonyl (C=O) groups is 2. The fourth-order valence-electron chi connectivity index (χ4n) is 1.86. The van der Waals surface area contributed by atoms with Gasteiger partial charge in [-0.15, -0.1) is 10.2 Å². The van der Waals surface area contributed by atoms with Gasteiger partial charge in [0.05, 0.1) is 6.04 Å². The zero-order valence-electron chi connectivity index (χ0n) is 11.4. The maximum absolute atomic E-state index is 11.8. The van der Waals surface area contributed by atoms with Crippen molar-refractivity contribution < 1.29 is 19.5 Å². The molecule has 0 spiro atoms. The Balaban J connectivity index is 2.04. The molecule has 2 heterocycles. The quantitative estimate of drug-likeness (QED) is 0.274. The number of β-lactam (4-membered cyclic amide) rings is 1. The lowest BCUT2D eigenvalue weighted by Gasteiger charge is -2.43. The zero-order valence-corrected chi connectivity index (χ0v) is 14.5. The maximum atomic E-state index is 11.8. The van der Waals surface area contributed by atoms with Crippen LogP contribution in [0.1, 0.15) is 6.92 Å². The van der Waals surface area contributed by atoms with Gasteiger partial charge >= 0.3 is 6.09 Å². The van der Waals surface area contributed by atoms with E-state index in [-0.39, 0.29) is 5.25 Å². The Hall–Kier alpha value is -1.01. The van der Waals surface area contributed by atoms with Crippen molar-refractivity contribution in [2.45, 2.75) is 33.2 Å². The van der Waals surface area contributed by atoms with Crippen LogP contribution < -0.4 is 5.32 Å². The molecule has 1 aliphatic rings. The predicted molar refractivity (Wildman–Crippen MR) is 81.3 cm³/mol. The van der Waals surface area contributed by atoms with E-state index in [1.165, 1.54) is 11.8 Å². The van der Waals surface area contributed by atoms with Crippen molar-refractivity contribution in [1.29, 1.82) is 0 Å². The van der Waals surface area contributed by atoms with Crippen molar-refractivity contribution in [3.8, 4) is 0 Å². The molecule has 2 amide bonds. The highest BCUT2D eigenvalue weighted by Crippen LogP contribution is 2.30. The molecule has 1 fully saturated rings. The smallest absolute Gasteiger partial charge is 0.432 e. The average Bonchev–Trinajstić information content (AvgIpc) is 2.91. The summed E-state index contributed by atoms with van der Waals surface area (Å²) in [5.41, 5.74) is 0. The van der Waals surface area contributed by atoms with Crippen LogP contribution in [0, 0.1) is 0 Å². The SMILES string of the molecule is CC(Sc1nn[nH]n1)[C@H]1NC(=O)[C@H]1N(OCC(Cl)(Cl)Cl)C(=O)O. The number of thioether (sulfide) groups is 1. The highest BCUT2D eigenvalue weighted by atomic mass is 35.6. The van der Waals surface area contributed by atoms with E-state index < -0.39 is 34.5 Å². The number of hydrogen-bond donors (Lipinski definition) is 3. The van der Waals surface area contributed by atoms with E-state index in [9.17, 15) is 14.7 Å². The van der Waals surface area contributed by atoms with Crippen LogP contribution in [0.15, 0.2) is 5.16 Å². The minimum atomic E-state index is -1.81. The lowest BCUT2D eigenvalue weighted by Crippen LogP contribution is -2.72. The first-order valence-corrected chi connectivity index (χ1v) is 8.12. The Bertz CT molecular complexity index is 570. The number of aromatic nitrogens is 4. The minimum Gasteiger partial charge on any atom is -0.463 e. The minimum absolute atomic E-state index is 0.256. The van der Waals surface area contributed by atoms with Crippen molar-refractivity contribution in [2.75, 3.05) is 6.61 Å². The molecule has 0 saturated carbocycles. The fourth-order valence-corrected chi connectivity index (χ4v) is 2.89. The summed E-state index contributed by atoms with van der Waals surface area (Å²) >= 11 is 17.8. The van der Waals surface area contributed by atoms with Gasteiger partial charge in [-0.3, -0.25) is 9.63 Å². The molecule has 0 aromatic carbocycles. The van der Waals surface area contributed by atoms with Gasteiger partial charge in [-0.05, 0) is 5.21 Å². The van der Waals surface area contributed by atoms with Gasteiger partial charge < -0.3 is 10.4 Å². The monoisotopic (exact) mass is 404 g/mol. The van der Waals surface area contributed by atoms with E-state index in [1.807, 2.05) is 0 Å². The number of nitrogens with zero attached hydrogens (tertiary/aromatic N) is 4. The number of nitrogens with one attached hydrogen (secondary N) is 2. The molecule has 1 aliphatic heterocycles. The van der Waals surface area contributed by atoms with Gasteiger partial charge in [0.25, 0.3) is 0 Å². The number of hydroxylamine groups is 2. The maximum Gasteiger partial charge on any atom is 0.432 e. The molecule has 0 radical (unpaired) electrons. The first-order chi connectivity index (χ1) is 10.7. The second kappa shape index (κ2) is 7.26. The number of aromatic amines is 1. The van der Waals surface area contributed by atoms with E-state index in [2.05, 4.69) is 25.9 Å². The topological polar surface area (TPSA) is 133 Å². The van der Waals surface area contributed by atoms with Gasteiger partial charge in [0.2, 0.25) is 14.9 Å². The Morgan fingerprint density at radius 1 is 1.57 bits per heavy atom. The van der Waals surface area contributed by atoms with Crippen LogP contribution in [0.25, 0.3) is 0 Å². The van der Waals surface area contributed by atoms with Crippen molar-refractivity contribution >= 4 is 58.6 Å². The van der Waals surface area contributed by atoms with Crippen LogP contribution in [0.2, 0.25) is 0 Å². The lowest BCUT2D eigenvalue weighted by molar-refractivity contribution is -0.186. The average molecular weight is 406 g/mol. The summed E-state index contributed by atoms with van der Waals surface area (Å²) < 4.78 is -1.81. The van der Waals surface area contributed by atoms with Crippen LogP contribution in [-0.4, -0.2) is 70.5 Å². The molecule has 0 bridgehead atoms. The number of halogens is 3. The molecule has 3 N–H and O–H groups in total. The molecule has 10 nitrogen and oxygen atoms in total. The normalized spacial score (nSPS) is 22.2. The number of hydrogen-bond acceptors (Lipinski definition) is 7. The summed E-state index contributed by atoms with van der Waals surface area (Å²) in [5, 5.41) is 25.7. The summed E-state index contributed by atoms with van der Waals surface area (Å²) in [7, 11) is 0. The number of carboxylic acid groups (broad SMARTS) is 1. The van der Waals surface area contributed by atoms with Gasteiger partial charge in [0.15, 0.2) is 6.04 Å². The van der Waals surface area contributed by atoms with Crippen molar-refractivity contribution in [2.24, 2.45) is 0 Å². The fraction of sp³-hybridized carbons (Fsp3) is 0.667. The number of rotatable bonds is 6.